The molecule has 1 saturated carbocycles. The van der Waals surface area contributed by atoms with Crippen LogP contribution in [0, 0.1) is 41.9 Å². The van der Waals surface area contributed by atoms with Gasteiger partial charge < -0.3 is 45.4 Å². The van der Waals surface area contributed by atoms with Crippen LogP contribution in [0.3, 0.4) is 0 Å². The Kier molecular flexibility index (Phi) is 31.5. The van der Waals surface area contributed by atoms with Crippen LogP contribution in [0.1, 0.15) is 206 Å². The maximum Gasteiger partial charge on any atom is 0.326 e. The first-order valence-corrected chi connectivity index (χ1v) is 52.5. The molecule has 16 rings (SSSR count). The molecular weight excluding hydrogens is 1870 g/mol. The molecule has 141 heavy (non-hydrogen) atoms. The highest BCUT2D eigenvalue weighted by molar-refractivity contribution is 7.91. The smallest absolute Gasteiger partial charge is 0.326 e. The highest BCUT2D eigenvalue weighted by atomic mass is 32.2. The third kappa shape index (κ3) is 24.9. The zero-order valence-electron chi connectivity index (χ0n) is 82.5. The number of sulfonamides is 4. The molecule has 35 nitrogen and oxygen atoms in total. The summed E-state index contributed by atoms with van der Waals surface area (Å²) >= 11 is 0. The molecule has 4 aliphatic heterocycles. The van der Waals surface area contributed by atoms with E-state index in [0.29, 0.717) is 76.5 Å². The Morgan fingerprint density at radius 3 is 1.49 bits per heavy atom. The molecule has 8 N–H and O–H groups in total. The molecule has 746 valence electrons. The van der Waals surface area contributed by atoms with Gasteiger partial charge in [-0.25, -0.2) is 67.0 Å². The minimum absolute atomic E-state index is 0.0218. The van der Waals surface area contributed by atoms with Crippen molar-refractivity contribution in [3.63, 3.8) is 0 Å². The van der Waals surface area contributed by atoms with Gasteiger partial charge in [-0.05, 0) is 254 Å². The van der Waals surface area contributed by atoms with Gasteiger partial charge >= 0.3 is 5.97 Å². The molecule has 1 aliphatic carbocycles. The number of aryl methyl sites for hydroxylation is 1. The SMILES string of the molecule is CC1CC(c2ncccc2C(=O)NS(=O)(=O)c2cccc(N3Cc4ccccc4CC3C(=O)O)n2)C(C)(C)C1.CC1CN(c2ncccc2C(=O)NS(=O)(=O)c2cccc(NC(C)C(C)C)n2)C(C)(C)C1.C[C@@H]1CN(c2nc(-c3ccc(N(C)C)nc3)ccc2C(=O)NS(=O)(=O)c2cccnc2N)C(C)(C)C1.Cc1cccc(Oc2cccc(S(=O)(=O)NC(=O)c3cccnc3N3CC(C)CC3(C)C)n2)c1. The van der Waals surface area contributed by atoms with Crippen LogP contribution in [0.4, 0.5) is 40.7 Å². The lowest BCUT2D eigenvalue weighted by molar-refractivity contribution is -0.138. The van der Waals surface area contributed by atoms with Crippen LogP contribution in [0.15, 0.2) is 227 Å². The number of ether oxygens (including phenoxy) is 1. The summed E-state index contributed by atoms with van der Waals surface area (Å²) in [6, 6.07) is 47.0. The topological polar surface area (TPSA) is 470 Å². The second kappa shape index (κ2) is 42.4. The Balaban J connectivity index is 0.000000159. The molecule has 9 aromatic heterocycles. The van der Waals surface area contributed by atoms with Gasteiger partial charge in [0, 0.05) is 118 Å². The number of hydrogen-bond donors (Lipinski definition) is 7. The summed E-state index contributed by atoms with van der Waals surface area (Å²) in [5.41, 5.74) is 10.7. The van der Waals surface area contributed by atoms with E-state index in [4.69, 9.17) is 15.5 Å². The van der Waals surface area contributed by atoms with Crippen LogP contribution in [-0.2, 0) is 57.9 Å². The minimum atomic E-state index is -4.36. The van der Waals surface area contributed by atoms with E-state index < -0.39 is 75.7 Å². The van der Waals surface area contributed by atoms with Crippen molar-refractivity contribution in [3.8, 4) is 22.9 Å². The molecule has 4 fully saturated rings. The summed E-state index contributed by atoms with van der Waals surface area (Å²) in [4.78, 5) is 113. The Hall–Kier alpha value is -13.7. The van der Waals surface area contributed by atoms with Crippen molar-refractivity contribution in [3.05, 3.63) is 252 Å². The first-order valence-electron chi connectivity index (χ1n) is 46.6. The van der Waals surface area contributed by atoms with E-state index in [0.717, 1.165) is 73.3 Å². The lowest BCUT2D eigenvalue weighted by Crippen LogP contribution is -2.46. The summed E-state index contributed by atoms with van der Waals surface area (Å²) in [5, 5.41) is 12.2. The maximum absolute atomic E-state index is 13.3. The van der Waals surface area contributed by atoms with E-state index >= 15 is 0 Å². The van der Waals surface area contributed by atoms with E-state index in [1.54, 1.807) is 109 Å². The minimum Gasteiger partial charge on any atom is -0.480 e. The standard InChI is InChI=1S/C29H32N4O5S.C25H31N7O3S.C25H28N4O4S.C23H33N5O3S/c1-18-14-22(29(2,3)16-18)26-21(10-7-13-30-26)27(34)32-39(37,38)25-12-6-11-24(31-25)33-17-20-9-5-4-8-19(20)15-23(33)28(35)36;1-16-13-25(2,3)32(15-16)23-18(24(33)30-36(34,35)20-7-6-12-27-22(20)26)9-10-19(29-23)17-8-11-21(28-14-17)31(4)5;1-17-8-5-9-19(14-17)33-21-11-6-12-22(27-21)34(31,32)28-24(30)20-10-7-13-26-23(20)29-16-18(2)15-25(29,3)4;1-15(2)17(4)25-19-10-7-11-20(26-19)32(30,31)27-22(29)18-9-8-12-24-21(18)28-14-16(3)13-23(28,5)6/h4-13,18,22-23H,14-17H2,1-3H3,(H,32,34)(H,35,36);6-12,14,16H,13,15H2,1-5H3,(H2,26,27)(H,30,33);5-14,18H,15-16H2,1-4H3,(H,28,30);7-12,15-17H,13-14H2,1-6H3,(H,25,26)(H,27,29)/t;16-;;/m.0../s1. The monoisotopic (exact) mass is 2000 g/mol. The molecule has 3 saturated heterocycles. The average molecular weight is 2000 g/mol. The number of carboxylic acids is 1. The quantitative estimate of drug-likeness (QED) is 0.0279. The Bertz CT molecular complexity index is 6980. The van der Waals surface area contributed by atoms with Gasteiger partial charge in [0.2, 0.25) is 5.88 Å². The third-order valence-corrected chi connectivity index (χ3v) is 31.0. The van der Waals surface area contributed by atoms with Crippen molar-refractivity contribution in [1.29, 1.82) is 0 Å². The molecule has 0 radical (unpaired) electrons. The fourth-order valence-corrected chi connectivity index (χ4v) is 23.0. The zero-order valence-corrected chi connectivity index (χ0v) is 85.7. The van der Waals surface area contributed by atoms with Crippen molar-refractivity contribution in [2.45, 2.75) is 210 Å². The highest BCUT2D eigenvalue weighted by Gasteiger charge is 2.46. The second-order valence-electron chi connectivity index (χ2n) is 40.0. The number of amides is 4. The molecule has 0 bridgehead atoms. The molecule has 7 atom stereocenters. The first kappa shape index (κ1) is 105. The number of fused-ring (bicyclic) bond motifs is 1. The number of nitrogens with zero attached hydrogens (tertiary/aromatic N) is 14. The van der Waals surface area contributed by atoms with Crippen molar-refractivity contribution < 1.29 is 67.5 Å². The van der Waals surface area contributed by atoms with Crippen LogP contribution >= 0.6 is 0 Å². The molecule has 4 amide bonds. The number of nitrogens with one attached hydrogen (secondary N) is 5. The Morgan fingerprint density at radius 1 is 0.489 bits per heavy atom. The number of nitrogens with two attached hydrogens (primary N) is 1. The Morgan fingerprint density at radius 2 is 0.979 bits per heavy atom. The predicted octanol–water partition coefficient (Wildman–Crippen LogP) is 15.1. The lowest BCUT2D eigenvalue weighted by atomic mass is 9.78. The predicted molar refractivity (Wildman–Crippen MR) is 542 cm³/mol. The first-order chi connectivity index (χ1) is 66.3. The number of hydrogen-bond acceptors (Lipinski definition) is 30. The van der Waals surface area contributed by atoms with E-state index in [1.807, 2.05) is 87.4 Å². The fourth-order valence-electron chi connectivity index (χ4n) is 19.2. The van der Waals surface area contributed by atoms with Gasteiger partial charge in [0.1, 0.15) is 57.4 Å². The number of carbonyl (C=O) groups excluding carboxylic acids is 4. The average Bonchev–Trinajstić information content (AvgIpc) is 1.71. The molecule has 0 spiro atoms. The number of rotatable bonds is 25. The Labute approximate surface area is 825 Å². The summed E-state index contributed by atoms with van der Waals surface area (Å²) in [5.74, 6) is 1.31. The molecule has 5 aliphatic rings. The van der Waals surface area contributed by atoms with Crippen LogP contribution in [0.5, 0.6) is 11.6 Å². The van der Waals surface area contributed by atoms with Gasteiger partial charge in [0.25, 0.3) is 63.7 Å². The van der Waals surface area contributed by atoms with Gasteiger partial charge in [-0.1, -0.05) is 110 Å². The number of benzene rings is 2. The number of carbonyl (C=O) groups is 5. The molecule has 6 unspecified atom stereocenters. The number of nitrogen functional groups attached to an aromatic ring is 1. The summed E-state index contributed by atoms with van der Waals surface area (Å²) < 4.78 is 119. The fraction of sp³-hybridized carbons (Fsp3) is 0.392. The van der Waals surface area contributed by atoms with Crippen molar-refractivity contribution in [2.24, 2.45) is 35.0 Å². The van der Waals surface area contributed by atoms with Crippen LogP contribution in [0.25, 0.3) is 11.3 Å². The number of pyridine rings is 9. The second-order valence-corrected chi connectivity index (χ2v) is 46.6. The molecule has 2 aromatic carbocycles. The summed E-state index contributed by atoms with van der Waals surface area (Å²) in [7, 11) is -13.2. The van der Waals surface area contributed by atoms with Gasteiger partial charge in [0.05, 0.1) is 33.6 Å². The molecule has 11 aromatic rings. The molecule has 39 heteroatoms. The van der Waals surface area contributed by atoms with Gasteiger partial charge in [-0.15, -0.1) is 0 Å². The van der Waals surface area contributed by atoms with Gasteiger partial charge in [0.15, 0.2) is 15.1 Å². The number of anilines is 7. The summed E-state index contributed by atoms with van der Waals surface area (Å²) in [6.07, 6.45) is 12.9. The zero-order chi connectivity index (χ0) is 102. The number of carboxylic acid groups (broad SMARTS) is 1. The normalized spacial score (nSPS) is 19.1. The van der Waals surface area contributed by atoms with Crippen LogP contribution < -0.4 is 59.2 Å². The maximum atomic E-state index is 13.3. The number of aromatic nitrogens is 9. The van der Waals surface area contributed by atoms with Gasteiger partial charge in [-0.3, -0.25) is 24.2 Å². The van der Waals surface area contributed by atoms with Crippen molar-refractivity contribution in [2.75, 3.05) is 69.3 Å². The van der Waals surface area contributed by atoms with E-state index in [9.17, 15) is 62.8 Å². The van der Waals surface area contributed by atoms with Crippen molar-refractivity contribution in [1.82, 2.24) is 63.7 Å². The lowest BCUT2D eigenvalue weighted by Gasteiger charge is -2.35. The summed E-state index contributed by atoms with van der Waals surface area (Å²) in [6.45, 7) is 36.0. The van der Waals surface area contributed by atoms with E-state index in [2.05, 4.69) is 176 Å². The third-order valence-electron chi connectivity index (χ3n) is 25.9. The molecule has 13 heterocycles. The highest BCUT2D eigenvalue weighted by Crippen LogP contribution is 2.52. The van der Waals surface area contributed by atoms with Crippen molar-refractivity contribution >= 4 is 110 Å². The molecular formula is C102H124N20O15S4. The van der Waals surface area contributed by atoms with E-state index in [1.165, 1.54) is 48.7 Å². The van der Waals surface area contributed by atoms with E-state index in [-0.39, 0.29) is 107 Å². The van der Waals surface area contributed by atoms with Gasteiger partial charge in [-0.2, -0.15) is 30.2 Å². The van der Waals surface area contributed by atoms with Crippen LogP contribution in [-0.4, -0.2) is 176 Å². The number of aliphatic carboxylic acids is 1. The largest absolute Gasteiger partial charge is 0.480 e. The van der Waals surface area contributed by atoms with Crippen LogP contribution in [0.2, 0.25) is 0 Å².